The highest BCUT2D eigenvalue weighted by Crippen LogP contribution is 2.18. The summed E-state index contributed by atoms with van der Waals surface area (Å²) in [6.07, 6.45) is 0.422. The van der Waals surface area contributed by atoms with Crippen LogP contribution < -0.4 is 0 Å². The molecule has 0 aliphatic rings. The molecule has 0 saturated heterocycles. The van der Waals surface area contributed by atoms with Gasteiger partial charge in [-0.2, -0.15) is 0 Å². The number of carbonyl (C=O) groups is 1. The summed E-state index contributed by atoms with van der Waals surface area (Å²) in [6.45, 7) is 3.92. The van der Waals surface area contributed by atoms with Crippen LogP contribution in [-0.4, -0.2) is 10.8 Å². The van der Waals surface area contributed by atoms with E-state index in [0.29, 0.717) is 6.42 Å². The molecular weight excluding hydrogens is 226 g/mol. The largest absolute Gasteiger partial charge is 0.293 e. The van der Waals surface area contributed by atoms with Crippen molar-refractivity contribution < 1.29 is 4.79 Å². The Hall–Kier alpha value is -1.00. The van der Waals surface area contributed by atoms with Gasteiger partial charge in [-0.25, -0.2) is 4.98 Å². The van der Waals surface area contributed by atoms with Gasteiger partial charge in [0.25, 0.3) is 0 Å². The van der Waals surface area contributed by atoms with Crippen LogP contribution in [0.2, 0.25) is 0 Å². The summed E-state index contributed by atoms with van der Waals surface area (Å²) in [5.41, 5.74) is 1.95. The van der Waals surface area contributed by atoms with Gasteiger partial charge in [0.1, 0.15) is 0 Å². The molecular formula is C11H11NOS2. The zero-order valence-corrected chi connectivity index (χ0v) is 10.2. The zero-order valence-electron chi connectivity index (χ0n) is 8.61. The van der Waals surface area contributed by atoms with Crippen molar-refractivity contribution in [2.75, 3.05) is 0 Å². The molecule has 0 atom stereocenters. The zero-order chi connectivity index (χ0) is 10.8. The lowest BCUT2D eigenvalue weighted by molar-refractivity contribution is 0.0995. The maximum Gasteiger partial charge on any atom is 0.179 e. The third kappa shape index (κ3) is 2.33. The van der Waals surface area contributed by atoms with Gasteiger partial charge in [-0.1, -0.05) is 0 Å². The number of thiazole rings is 1. The summed E-state index contributed by atoms with van der Waals surface area (Å²) in [5, 5.41) is 4.92. The summed E-state index contributed by atoms with van der Waals surface area (Å²) in [5.74, 6) is 0.174. The number of nitrogens with zero attached hydrogens (tertiary/aromatic N) is 1. The Morgan fingerprint density at radius 2 is 2.20 bits per heavy atom. The van der Waals surface area contributed by atoms with Gasteiger partial charge < -0.3 is 0 Å². The molecule has 2 heterocycles. The van der Waals surface area contributed by atoms with Gasteiger partial charge in [0.2, 0.25) is 0 Å². The van der Waals surface area contributed by atoms with Crippen LogP contribution in [0.1, 0.15) is 25.9 Å². The highest BCUT2D eigenvalue weighted by molar-refractivity contribution is 7.12. The van der Waals surface area contributed by atoms with Crippen LogP contribution >= 0.6 is 22.7 Å². The third-order valence-corrected chi connectivity index (χ3v) is 4.00. The fourth-order valence-electron chi connectivity index (χ4n) is 1.39. The van der Waals surface area contributed by atoms with E-state index < -0.39 is 0 Å². The molecule has 2 aromatic rings. The molecule has 15 heavy (non-hydrogen) atoms. The first-order valence-electron chi connectivity index (χ1n) is 4.65. The van der Waals surface area contributed by atoms with Crippen LogP contribution in [0.15, 0.2) is 16.8 Å². The van der Waals surface area contributed by atoms with Crippen molar-refractivity contribution in [1.82, 2.24) is 4.98 Å². The number of Topliss-reactive ketones (excluding diaryl/α,β-unsaturated/α-hetero) is 1. The fourth-order valence-corrected chi connectivity index (χ4v) is 2.87. The topological polar surface area (TPSA) is 30.0 Å². The molecule has 2 rings (SSSR count). The van der Waals surface area contributed by atoms with E-state index in [1.54, 1.807) is 11.3 Å². The number of aromatic nitrogens is 1. The Bertz CT molecular complexity index is 484. The van der Waals surface area contributed by atoms with E-state index in [1.807, 2.05) is 30.7 Å². The fraction of sp³-hybridized carbons (Fsp3) is 0.273. The lowest BCUT2D eigenvalue weighted by Crippen LogP contribution is -2.02. The molecule has 2 nitrogen and oxygen atoms in total. The Labute approximate surface area is 96.6 Å². The monoisotopic (exact) mass is 237 g/mol. The van der Waals surface area contributed by atoms with Crippen molar-refractivity contribution >= 4 is 28.5 Å². The lowest BCUT2D eigenvalue weighted by atomic mass is 10.1. The first-order chi connectivity index (χ1) is 7.16. The van der Waals surface area contributed by atoms with E-state index >= 15 is 0 Å². The van der Waals surface area contributed by atoms with E-state index in [2.05, 4.69) is 4.98 Å². The highest BCUT2D eigenvalue weighted by Gasteiger charge is 2.12. The molecule has 0 amide bonds. The first-order valence-corrected chi connectivity index (χ1v) is 6.41. The highest BCUT2D eigenvalue weighted by atomic mass is 32.1. The van der Waals surface area contributed by atoms with E-state index in [1.165, 1.54) is 11.3 Å². The van der Waals surface area contributed by atoms with Gasteiger partial charge >= 0.3 is 0 Å². The Morgan fingerprint density at radius 1 is 1.40 bits per heavy atom. The van der Waals surface area contributed by atoms with Gasteiger partial charge in [-0.15, -0.1) is 22.7 Å². The van der Waals surface area contributed by atoms with Crippen LogP contribution in [-0.2, 0) is 6.42 Å². The SMILES string of the molecule is Cc1nc(CC(=O)c2sccc2C)cs1. The summed E-state index contributed by atoms with van der Waals surface area (Å²) < 4.78 is 0. The van der Waals surface area contributed by atoms with Crippen LogP contribution in [0.5, 0.6) is 0 Å². The van der Waals surface area contributed by atoms with Crippen LogP contribution in [0.25, 0.3) is 0 Å². The minimum Gasteiger partial charge on any atom is -0.293 e. The molecule has 0 spiro atoms. The molecule has 0 aromatic carbocycles. The van der Waals surface area contributed by atoms with E-state index in [9.17, 15) is 4.79 Å². The van der Waals surface area contributed by atoms with Crippen molar-refractivity contribution in [1.29, 1.82) is 0 Å². The summed E-state index contributed by atoms with van der Waals surface area (Å²) in [4.78, 5) is 17.0. The Kier molecular flexibility index (Phi) is 2.98. The summed E-state index contributed by atoms with van der Waals surface area (Å²) >= 11 is 3.10. The molecule has 0 N–H and O–H groups in total. The quantitative estimate of drug-likeness (QED) is 0.767. The average molecular weight is 237 g/mol. The molecule has 78 valence electrons. The van der Waals surface area contributed by atoms with Crippen molar-refractivity contribution in [2.45, 2.75) is 20.3 Å². The number of thiophene rings is 1. The number of hydrogen-bond acceptors (Lipinski definition) is 4. The normalized spacial score (nSPS) is 10.5. The second-order valence-electron chi connectivity index (χ2n) is 3.39. The van der Waals surface area contributed by atoms with Gasteiger partial charge in [0.15, 0.2) is 5.78 Å². The molecule has 2 aromatic heterocycles. The van der Waals surface area contributed by atoms with Crippen molar-refractivity contribution in [3.8, 4) is 0 Å². The van der Waals surface area contributed by atoms with E-state index in [0.717, 1.165) is 21.1 Å². The molecule has 0 fully saturated rings. The minimum absolute atomic E-state index is 0.174. The summed E-state index contributed by atoms with van der Waals surface area (Å²) in [7, 11) is 0. The summed E-state index contributed by atoms with van der Waals surface area (Å²) in [6, 6.07) is 1.98. The predicted octanol–water partition coefficient (Wildman–Crippen LogP) is 3.25. The number of hydrogen-bond donors (Lipinski definition) is 0. The average Bonchev–Trinajstić information content (AvgIpc) is 2.75. The second-order valence-corrected chi connectivity index (χ2v) is 5.37. The van der Waals surface area contributed by atoms with Crippen molar-refractivity contribution in [3.63, 3.8) is 0 Å². The molecule has 0 radical (unpaired) electrons. The Balaban J connectivity index is 2.14. The molecule has 0 saturated carbocycles. The van der Waals surface area contributed by atoms with Crippen LogP contribution in [0, 0.1) is 13.8 Å². The van der Waals surface area contributed by atoms with Crippen LogP contribution in [0.4, 0.5) is 0 Å². The number of ketones is 1. The smallest absolute Gasteiger partial charge is 0.179 e. The molecule has 0 aliphatic heterocycles. The number of rotatable bonds is 3. The minimum atomic E-state index is 0.174. The Morgan fingerprint density at radius 3 is 2.73 bits per heavy atom. The van der Waals surface area contributed by atoms with Crippen molar-refractivity contribution in [2.24, 2.45) is 0 Å². The molecule has 4 heteroatoms. The van der Waals surface area contributed by atoms with Crippen molar-refractivity contribution in [3.05, 3.63) is 38.0 Å². The van der Waals surface area contributed by atoms with E-state index in [4.69, 9.17) is 0 Å². The van der Waals surface area contributed by atoms with Crippen LogP contribution in [0.3, 0.4) is 0 Å². The number of aryl methyl sites for hydroxylation is 2. The lowest BCUT2D eigenvalue weighted by Gasteiger charge is -1.96. The molecule has 0 aliphatic carbocycles. The first kappa shape index (κ1) is 10.5. The van der Waals surface area contributed by atoms with Gasteiger partial charge in [-0.3, -0.25) is 4.79 Å². The van der Waals surface area contributed by atoms with E-state index in [-0.39, 0.29) is 5.78 Å². The third-order valence-electron chi connectivity index (χ3n) is 2.12. The molecule has 0 bridgehead atoms. The predicted molar refractivity (Wildman–Crippen MR) is 63.9 cm³/mol. The second kappa shape index (κ2) is 4.24. The number of carbonyl (C=O) groups excluding carboxylic acids is 1. The maximum absolute atomic E-state index is 11.9. The van der Waals surface area contributed by atoms with Gasteiger partial charge in [0.05, 0.1) is 22.0 Å². The standard InChI is InChI=1S/C11H11NOS2/c1-7-3-4-14-11(7)10(13)5-9-6-15-8(2)12-9/h3-4,6H,5H2,1-2H3. The maximum atomic E-state index is 11.9. The molecule has 0 unspecified atom stereocenters. The van der Waals surface area contributed by atoms with Gasteiger partial charge in [0, 0.05) is 5.38 Å². The van der Waals surface area contributed by atoms with Gasteiger partial charge in [-0.05, 0) is 30.9 Å².